The van der Waals surface area contributed by atoms with Crippen molar-refractivity contribution in [3.63, 3.8) is 0 Å². The molecular formula is C30H35ClFN3O4S. The Bertz CT molecular complexity index is 1450. The third-order valence-electron chi connectivity index (χ3n) is 6.75. The molecule has 0 unspecified atom stereocenters. The highest BCUT2D eigenvalue weighted by Crippen LogP contribution is 2.29. The summed E-state index contributed by atoms with van der Waals surface area (Å²) in [5.41, 5.74) is 2.32. The second-order valence-electron chi connectivity index (χ2n) is 9.90. The van der Waals surface area contributed by atoms with Crippen LogP contribution in [-0.2, 0) is 26.2 Å². The van der Waals surface area contributed by atoms with Crippen LogP contribution in [0.25, 0.3) is 0 Å². The third kappa shape index (κ3) is 7.61. The number of carbonyl (C=O) groups is 2. The van der Waals surface area contributed by atoms with Crippen LogP contribution in [0, 0.1) is 19.7 Å². The molecule has 0 heterocycles. The number of nitrogens with one attached hydrogen (secondary N) is 1. The lowest BCUT2D eigenvalue weighted by atomic mass is 10.1. The number of aryl methyl sites for hydroxylation is 2. The minimum absolute atomic E-state index is 0.0212. The molecule has 0 aliphatic carbocycles. The lowest BCUT2D eigenvalue weighted by molar-refractivity contribution is -0.139. The zero-order valence-electron chi connectivity index (χ0n) is 23.3. The summed E-state index contributed by atoms with van der Waals surface area (Å²) in [5.74, 6) is -1.40. The van der Waals surface area contributed by atoms with Gasteiger partial charge in [0, 0.05) is 17.6 Å². The number of hydrogen-bond donors (Lipinski definition) is 1. The van der Waals surface area contributed by atoms with E-state index in [1.165, 1.54) is 41.3 Å². The van der Waals surface area contributed by atoms with Gasteiger partial charge in [-0.1, -0.05) is 48.4 Å². The van der Waals surface area contributed by atoms with Crippen LogP contribution in [0.4, 0.5) is 10.1 Å². The highest BCUT2D eigenvalue weighted by Gasteiger charge is 2.33. The van der Waals surface area contributed by atoms with Crippen molar-refractivity contribution in [3.05, 3.63) is 94.3 Å². The molecule has 0 saturated carbocycles. The summed E-state index contributed by atoms with van der Waals surface area (Å²) in [5, 5.41) is 3.31. The van der Waals surface area contributed by atoms with Crippen molar-refractivity contribution in [2.24, 2.45) is 0 Å². The van der Waals surface area contributed by atoms with Crippen LogP contribution in [0.2, 0.25) is 5.02 Å². The molecule has 1 N–H and O–H groups in total. The minimum Gasteiger partial charge on any atom is -0.352 e. The molecule has 0 radical (unpaired) electrons. The number of sulfonamides is 1. The molecule has 0 aliphatic heterocycles. The molecule has 10 heteroatoms. The van der Waals surface area contributed by atoms with Gasteiger partial charge >= 0.3 is 0 Å². The fourth-order valence-corrected chi connectivity index (χ4v) is 5.79. The lowest BCUT2D eigenvalue weighted by Crippen LogP contribution is -2.52. The largest absolute Gasteiger partial charge is 0.352 e. The standard InChI is InChI=1S/C30H35ClFN3O4S/c1-6-22(4)33-30(37)23(5)34(18-24-9-12-26(32)13-10-24)29(36)19-35(28-16-11-25(31)17-21(28)3)40(38,39)27-14-7-20(2)8-15-27/h7-17,22-23H,6,18-19H2,1-5H3,(H,33,37)/t22-,23-/m1/s1. The van der Waals surface area contributed by atoms with Crippen LogP contribution in [0.1, 0.15) is 43.9 Å². The van der Waals surface area contributed by atoms with Crippen LogP contribution in [0.5, 0.6) is 0 Å². The van der Waals surface area contributed by atoms with Crippen LogP contribution in [0.15, 0.2) is 71.6 Å². The summed E-state index contributed by atoms with van der Waals surface area (Å²) < 4.78 is 42.5. The van der Waals surface area contributed by atoms with Gasteiger partial charge in [0.25, 0.3) is 10.0 Å². The fraction of sp³-hybridized carbons (Fsp3) is 0.333. The van der Waals surface area contributed by atoms with E-state index in [-0.39, 0.29) is 29.1 Å². The molecule has 2 amide bonds. The molecule has 0 saturated heterocycles. The van der Waals surface area contributed by atoms with E-state index in [4.69, 9.17) is 11.6 Å². The third-order valence-corrected chi connectivity index (χ3v) is 8.76. The maximum atomic E-state index is 13.9. The van der Waals surface area contributed by atoms with Gasteiger partial charge in [0.05, 0.1) is 10.6 Å². The zero-order chi connectivity index (χ0) is 29.6. The van der Waals surface area contributed by atoms with Crippen molar-refractivity contribution in [1.82, 2.24) is 10.2 Å². The summed E-state index contributed by atoms with van der Waals surface area (Å²) in [6.07, 6.45) is 0.697. The molecule has 0 spiro atoms. The molecule has 214 valence electrons. The molecule has 0 aromatic heterocycles. The monoisotopic (exact) mass is 587 g/mol. The van der Waals surface area contributed by atoms with E-state index >= 15 is 0 Å². The maximum Gasteiger partial charge on any atom is 0.264 e. The quantitative estimate of drug-likeness (QED) is 0.315. The van der Waals surface area contributed by atoms with E-state index in [1.54, 1.807) is 44.2 Å². The van der Waals surface area contributed by atoms with Gasteiger partial charge in [0.2, 0.25) is 11.8 Å². The Hall–Kier alpha value is -3.43. The molecule has 3 rings (SSSR count). The van der Waals surface area contributed by atoms with E-state index in [0.29, 0.717) is 22.6 Å². The Morgan fingerprint density at radius 2 is 1.60 bits per heavy atom. The van der Waals surface area contributed by atoms with Gasteiger partial charge in [0.1, 0.15) is 18.4 Å². The van der Waals surface area contributed by atoms with Crippen molar-refractivity contribution in [2.75, 3.05) is 10.8 Å². The van der Waals surface area contributed by atoms with Gasteiger partial charge < -0.3 is 10.2 Å². The highest BCUT2D eigenvalue weighted by molar-refractivity contribution is 7.92. The van der Waals surface area contributed by atoms with Gasteiger partial charge in [-0.05, 0) is 87.7 Å². The summed E-state index contributed by atoms with van der Waals surface area (Å²) >= 11 is 6.14. The Balaban J connectivity index is 2.05. The average molecular weight is 588 g/mol. The molecule has 0 bridgehead atoms. The van der Waals surface area contributed by atoms with E-state index in [0.717, 1.165) is 9.87 Å². The van der Waals surface area contributed by atoms with E-state index in [1.807, 2.05) is 20.8 Å². The van der Waals surface area contributed by atoms with E-state index in [9.17, 15) is 22.4 Å². The van der Waals surface area contributed by atoms with Crippen LogP contribution in [-0.4, -0.2) is 43.8 Å². The topological polar surface area (TPSA) is 86.8 Å². The fourth-order valence-electron chi connectivity index (χ4n) is 4.08. The van der Waals surface area contributed by atoms with Gasteiger partial charge in [-0.3, -0.25) is 13.9 Å². The predicted octanol–water partition coefficient (Wildman–Crippen LogP) is 5.62. The van der Waals surface area contributed by atoms with Gasteiger partial charge in [0.15, 0.2) is 0 Å². The number of rotatable bonds is 11. The molecular weight excluding hydrogens is 553 g/mol. The second kappa shape index (κ2) is 13.3. The Morgan fingerprint density at radius 1 is 0.975 bits per heavy atom. The molecule has 3 aromatic carbocycles. The number of hydrogen-bond acceptors (Lipinski definition) is 4. The number of benzene rings is 3. The molecule has 40 heavy (non-hydrogen) atoms. The first kappa shape index (κ1) is 31.1. The number of anilines is 1. The first-order valence-corrected chi connectivity index (χ1v) is 14.8. The SMILES string of the molecule is CC[C@@H](C)NC(=O)[C@@H](C)N(Cc1ccc(F)cc1)C(=O)CN(c1ccc(Cl)cc1C)S(=O)(=O)c1ccc(C)cc1. The Morgan fingerprint density at radius 3 is 2.17 bits per heavy atom. The van der Waals surface area contributed by atoms with Crippen molar-refractivity contribution >= 4 is 39.1 Å². The van der Waals surface area contributed by atoms with Crippen molar-refractivity contribution < 1.29 is 22.4 Å². The molecule has 7 nitrogen and oxygen atoms in total. The number of amides is 2. The van der Waals surface area contributed by atoms with Crippen LogP contribution >= 0.6 is 11.6 Å². The number of halogens is 2. The zero-order valence-corrected chi connectivity index (χ0v) is 24.9. The van der Waals surface area contributed by atoms with Crippen LogP contribution in [0.3, 0.4) is 0 Å². The van der Waals surface area contributed by atoms with Gasteiger partial charge in [-0.2, -0.15) is 0 Å². The van der Waals surface area contributed by atoms with Crippen molar-refractivity contribution in [2.45, 2.75) is 64.6 Å². The second-order valence-corrected chi connectivity index (χ2v) is 12.2. The minimum atomic E-state index is -4.19. The molecule has 0 fully saturated rings. The van der Waals surface area contributed by atoms with Gasteiger partial charge in [-0.15, -0.1) is 0 Å². The summed E-state index contributed by atoms with van der Waals surface area (Å²) in [4.78, 5) is 28.4. The van der Waals surface area contributed by atoms with Crippen molar-refractivity contribution in [3.8, 4) is 0 Å². The Kier molecular flexibility index (Phi) is 10.3. The molecule has 0 aliphatic rings. The highest BCUT2D eigenvalue weighted by atomic mass is 35.5. The normalized spacial score (nSPS) is 12.9. The van der Waals surface area contributed by atoms with E-state index < -0.39 is 34.3 Å². The predicted molar refractivity (Wildman–Crippen MR) is 156 cm³/mol. The van der Waals surface area contributed by atoms with Crippen LogP contribution < -0.4 is 9.62 Å². The molecule has 2 atom stereocenters. The first-order valence-electron chi connectivity index (χ1n) is 13.0. The number of carbonyl (C=O) groups excluding carboxylic acids is 2. The average Bonchev–Trinajstić information content (AvgIpc) is 2.91. The first-order chi connectivity index (χ1) is 18.8. The van der Waals surface area contributed by atoms with E-state index in [2.05, 4.69) is 5.32 Å². The number of nitrogens with zero attached hydrogens (tertiary/aromatic N) is 2. The summed E-state index contributed by atoms with van der Waals surface area (Å²) in [7, 11) is -4.19. The smallest absolute Gasteiger partial charge is 0.264 e. The lowest BCUT2D eigenvalue weighted by Gasteiger charge is -2.33. The van der Waals surface area contributed by atoms with Crippen molar-refractivity contribution in [1.29, 1.82) is 0 Å². The maximum absolute atomic E-state index is 13.9. The van der Waals surface area contributed by atoms with Gasteiger partial charge in [-0.25, -0.2) is 12.8 Å². The Labute approximate surface area is 241 Å². The summed E-state index contributed by atoms with van der Waals surface area (Å²) in [6, 6.07) is 15.6. The summed E-state index contributed by atoms with van der Waals surface area (Å²) in [6.45, 7) is 8.34. The molecule has 3 aromatic rings.